The first-order valence-corrected chi connectivity index (χ1v) is 9.34. The van der Waals surface area contributed by atoms with Crippen LogP contribution in [0.15, 0.2) is 4.99 Å². The fourth-order valence-electron chi connectivity index (χ4n) is 4.81. The van der Waals surface area contributed by atoms with Gasteiger partial charge in [-0.1, -0.05) is 26.7 Å². The van der Waals surface area contributed by atoms with Crippen molar-refractivity contribution in [1.29, 1.82) is 0 Å². The predicted molar refractivity (Wildman–Crippen MR) is 107 cm³/mol. The normalized spacial score (nSPS) is 31.7. The fourth-order valence-corrected chi connectivity index (χ4v) is 4.81. The van der Waals surface area contributed by atoms with E-state index in [1.54, 1.807) is 0 Å². The van der Waals surface area contributed by atoms with Crippen LogP contribution in [0.4, 0.5) is 0 Å². The van der Waals surface area contributed by atoms with Crippen LogP contribution in [-0.2, 0) is 4.74 Å². The minimum atomic E-state index is 0. The Labute approximate surface area is 158 Å². The molecule has 4 nitrogen and oxygen atoms in total. The van der Waals surface area contributed by atoms with Gasteiger partial charge in [0, 0.05) is 37.1 Å². The van der Waals surface area contributed by atoms with E-state index in [4.69, 9.17) is 9.73 Å². The molecule has 2 N–H and O–H groups in total. The lowest BCUT2D eigenvalue weighted by Crippen LogP contribution is -2.69. The van der Waals surface area contributed by atoms with Gasteiger partial charge in [-0.05, 0) is 38.5 Å². The number of rotatable bonds is 5. The maximum Gasteiger partial charge on any atom is 0.191 e. The molecule has 1 aliphatic heterocycles. The van der Waals surface area contributed by atoms with E-state index in [9.17, 15) is 0 Å². The average molecular weight is 435 g/mol. The lowest BCUT2D eigenvalue weighted by molar-refractivity contribution is -0.125. The Hall–Kier alpha value is -0.0400. The van der Waals surface area contributed by atoms with Crippen LogP contribution in [-0.4, -0.2) is 37.8 Å². The Balaban J connectivity index is 0.00000192. The molecule has 3 atom stereocenters. The van der Waals surface area contributed by atoms with E-state index in [-0.39, 0.29) is 24.0 Å². The first-order chi connectivity index (χ1) is 10.7. The molecule has 3 rings (SSSR count). The molecule has 3 unspecified atom stereocenters. The summed E-state index contributed by atoms with van der Waals surface area (Å²) in [4.78, 5) is 4.80. The maximum atomic E-state index is 6.07. The van der Waals surface area contributed by atoms with Crippen LogP contribution in [0.5, 0.6) is 0 Å². The molecule has 0 amide bonds. The van der Waals surface area contributed by atoms with Crippen molar-refractivity contribution < 1.29 is 4.74 Å². The van der Waals surface area contributed by atoms with Crippen molar-refractivity contribution in [2.24, 2.45) is 22.2 Å². The van der Waals surface area contributed by atoms with Gasteiger partial charge in [0.15, 0.2) is 5.96 Å². The number of halogens is 1. The highest BCUT2D eigenvalue weighted by molar-refractivity contribution is 14.0. The van der Waals surface area contributed by atoms with Crippen LogP contribution in [0.1, 0.15) is 59.3 Å². The second kappa shape index (κ2) is 8.37. The Morgan fingerprint density at radius 1 is 1.30 bits per heavy atom. The molecule has 0 bridgehead atoms. The van der Waals surface area contributed by atoms with E-state index in [0.717, 1.165) is 32.1 Å². The SMILES string of the molecule is CCNC(=NCCC(C)C)NC1C2CCOC2C12CCCC2.I. The number of guanidine groups is 1. The van der Waals surface area contributed by atoms with Gasteiger partial charge in [0.2, 0.25) is 0 Å². The summed E-state index contributed by atoms with van der Waals surface area (Å²) in [5.74, 6) is 2.43. The van der Waals surface area contributed by atoms with Crippen molar-refractivity contribution in [3.63, 3.8) is 0 Å². The van der Waals surface area contributed by atoms with E-state index in [2.05, 4.69) is 31.4 Å². The Bertz CT molecular complexity index is 407. The predicted octanol–water partition coefficient (Wildman–Crippen LogP) is 3.55. The zero-order valence-electron chi connectivity index (χ0n) is 14.9. The minimum Gasteiger partial charge on any atom is -0.377 e. The van der Waals surface area contributed by atoms with E-state index in [1.807, 2.05) is 0 Å². The summed E-state index contributed by atoms with van der Waals surface area (Å²) in [5, 5.41) is 7.23. The Morgan fingerprint density at radius 2 is 2.04 bits per heavy atom. The summed E-state index contributed by atoms with van der Waals surface area (Å²) in [5.41, 5.74) is 0.398. The third kappa shape index (κ3) is 3.80. The molecule has 0 aromatic heterocycles. The molecule has 0 aromatic rings. The molecule has 0 aromatic carbocycles. The van der Waals surface area contributed by atoms with Crippen LogP contribution in [0, 0.1) is 17.3 Å². The molecule has 5 heteroatoms. The van der Waals surface area contributed by atoms with Crippen LogP contribution in [0.25, 0.3) is 0 Å². The van der Waals surface area contributed by atoms with Gasteiger partial charge in [0.1, 0.15) is 0 Å². The van der Waals surface area contributed by atoms with Crippen molar-refractivity contribution in [3.8, 4) is 0 Å². The summed E-state index contributed by atoms with van der Waals surface area (Å²) in [7, 11) is 0. The van der Waals surface area contributed by atoms with Gasteiger partial charge in [-0.3, -0.25) is 4.99 Å². The molecule has 3 aliphatic rings. The molecule has 2 saturated carbocycles. The highest BCUT2D eigenvalue weighted by Crippen LogP contribution is 2.60. The third-order valence-electron chi connectivity index (χ3n) is 5.90. The van der Waals surface area contributed by atoms with Crippen LogP contribution in [0.3, 0.4) is 0 Å². The topological polar surface area (TPSA) is 45.7 Å². The number of ether oxygens (including phenoxy) is 1. The van der Waals surface area contributed by atoms with Gasteiger partial charge in [0.25, 0.3) is 0 Å². The lowest BCUT2D eigenvalue weighted by Gasteiger charge is -2.57. The van der Waals surface area contributed by atoms with Crippen molar-refractivity contribution in [2.75, 3.05) is 19.7 Å². The number of nitrogens with one attached hydrogen (secondary N) is 2. The molecular formula is C18H34IN3O. The quantitative estimate of drug-likeness (QED) is 0.395. The molecule has 23 heavy (non-hydrogen) atoms. The number of hydrogen-bond acceptors (Lipinski definition) is 2. The minimum absolute atomic E-state index is 0. The van der Waals surface area contributed by atoms with Gasteiger partial charge < -0.3 is 15.4 Å². The Kier molecular flexibility index (Phi) is 7.01. The summed E-state index contributed by atoms with van der Waals surface area (Å²) >= 11 is 0. The van der Waals surface area contributed by atoms with Gasteiger partial charge in [-0.2, -0.15) is 0 Å². The second-order valence-electron chi connectivity index (χ2n) is 7.75. The number of aliphatic imine (C=N–C) groups is 1. The third-order valence-corrected chi connectivity index (χ3v) is 5.90. The molecule has 3 fully saturated rings. The zero-order chi connectivity index (χ0) is 15.6. The van der Waals surface area contributed by atoms with Gasteiger partial charge in [-0.15, -0.1) is 24.0 Å². The number of nitrogens with zero attached hydrogens (tertiary/aromatic N) is 1. The first-order valence-electron chi connectivity index (χ1n) is 9.34. The molecule has 1 spiro atoms. The standard InChI is InChI=1S/C18H33N3O.HI/c1-4-19-17(20-11-7-13(2)3)21-15-14-8-12-22-16(14)18(15)9-5-6-10-18;/h13-16H,4-12H2,1-3H3,(H2,19,20,21);1H. The first kappa shape index (κ1) is 19.3. The van der Waals surface area contributed by atoms with Crippen LogP contribution >= 0.6 is 24.0 Å². The molecule has 0 radical (unpaired) electrons. The second-order valence-corrected chi connectivity index (χ2v) is 7.75. The van der Waals surface area contributed by atoms with E-state index in [1.165, 1.54) is 32.1 Å². The highest BCUT2D eigenvalue weighted by Gasteiger charge is 2.65. The Morgan fingerprint density at radius 3 is 2.70 bits per heavy atom. The molecule has 134 valence electrons. The maximum absolute atomic E-state index is 6.07. The van der Waals surface area contributed by atoms with Gasteiger partial charge >= 0.3 is 0 Å². The van der Waals surface area contributed by atoms with Gasteiger partial charge in [-0.25, -0.2) is 0 Å². The lowest BCUT2D eigenvalue weighted by atomic mass is 9.54. The fraction of sp³-hybridized carbons (Fsp3) is 0.944. The van der Waals surface area contributed by atoms with Crippen LogP contribution in [0.2, 0.25) is 0 Å². The summed E-state index contributed by atoms with van der Waals surface area (Å²) in [6.07, 6.45) is 8.29. The van der Waals surface area contributed by atoms with Crippen molar-refractivity contribution in [2.45, 2.75) is 71.4 Å². The number of hydrogen-bond donors (Lipinski definition) is 2. The van der Waals surface area contributed by atoms with Crippen molar-refractivity contribution >= 4 is 29.9 Å². The molecule has 2 aliphatic carbocycles. The summed E-state index contributed by atoms with van der Waals surface area (Å²) in [6, 6.07) is 0.569. The van der Waals surface area contributed by atoms with Gasteiger partial charge in [0.05, 0.1) is 6.10 Å². The molecule has 1 heterocycles. The largest absolute Gasteiger partial charge is 0.377 e. The van der Waals surface area contributed by atoms with Crippen molar-refractivity contribution in [1.82, 2.24) is 10.6 Å². The van der Waals surface area contributed by atoms with Crippen molar-refractivity contribution in [3.05, 3.63) is 0 Å². The zero-order valence-corrected chi connectivity index (χ0v) is 17.3. The van der Waals surface area contributed by atoms with E-state index in [0.29, 0.717) is 29.4 Å². The summed E-state index contributed by atoms with van der Waals surface area (Å²) in [6.45, 7) is 9.46. The van der Waals surface area contributed by atoms with E-state index < -0.39 is 0 Å². The molecular weight excluding hydrogens is 401 g/mol. The smallest absolute Gasteiger partial charge is 0.191 e. The molecule has 1 saturated heterocycles. The average Bonchev–Trinajstić information content (AvgIpc) is 3.12. The van der Waals surface area contributed by atoms with Crippen LogP contribution < -0.4 is 10.6 Å². The highest BCUT2D eigenvalue weighted by atomic mass is 127. The summed E-state index contributed by atoms with van der Waals surface area (Å²) < 4.78 is 6.07. The number of fused-ring (bicyclic) bond motifs is 2. The van der Waals surface area contributed by atoms with E-state index >= 15 is 0 Å². The monoisotopic (exact) mass is 435 g/mol.